The fraction of sp³-hybridized carbons (Fsp3) is 0.455. The van der Waals surface area contributed by atoms with Crippen molar-refractivity contribution in [2.45, 2.75) is 13.0 Å². The van der Waals surface area contributed by atoms with E-state index in [2.05, 4.69) is 25.3 Å². The van der Waals surface area contributed by atoms with Crippen molar-refractivity contribution in [1.82, 2.24) is 20.1 Å². The number of nitrogens with one attached hydrogen (secondary N) is 1. The number of likely N-dealkylation sites (N-methyl/N-ethyl adjacent to an activating group) is 2. The summed E-state index contributed by atoms with van der Waals surface area (Å²) in [6.45, 7) is 2.04. The van der Waals surface area contributed by atoms with Gasteiger partial charge in [0.1, 0.15) is 5.69 Å². The molecule has 3 amide bonds. The second-order valence-corrected chi connectivity index (χ2v) is 4.79. The first-order chi connectivity index (χ1) is 10.0. The largest absolute Gasteiger partial charge is 0.333 e. The zero-order valence-electron chi connectivity index (χ0n) is 11.8. The molecule has 3 heterocycles. The monoisotopic (exact) mass is 292 g/mol. The van der Waals surface area contributed by atoms with Crippen molar-refractivity contribution in [2.75, 3.05) is 26.1 Å². The Labute approximate surface area is 119 Å². The van der Waals surface area contributed by atoms with Gasteiger partial charge in [-0.1, -0.05) is 5.16 Å². The van der Waals surface area contributed by atoms with Gasteiger partial charge in [-0.05, 0) is 17.1 Å². The van der Waals surface area contributed by atoms with Crippen LogP contribution in [0.5, 0.6) is 0 Å². The van der Waals surface area contributed by atoms with E-state index in [1.807, 2.05) is 0 Å². The number of amides is 3. The summed E-state index contributed by atoms with van der Waals surface area (Å²) < 4.78 is 6.27. The van der Waals surface area contributed by atoms with Crippen molar-refractivity contribution in [1.29, 1.82) is 0 Å². The van der Waals surface area contributed by atoms with E-state index in [4.69, 9.17) is 0 Å². The Hall–Kier alpha value is -2.78. The Morgan fingerprint density at radius 2 is 2.10 bits per heavy atom. The Balaban J connectivity index is 1.77. The number of hydrogen-bond acceptors (Lipinski definition) is 7. The summed E-state index contributed by atoms with van der Waals surface area (Å²) in [5.41, 5.74) is 0.620. The third kappa shape index (κ3) is 1.95. The molecule has 1 aromatic rings. The maximum absolute atomic E-state index is 12.3. The molecule has 10 heteroatoms. The van der Waals surface area contributed by atoms with Gasteiger partial charge in [0.15, 0.2) is 12.5 Å². The molecule has 1 unspecified atom stereocenters. The first kappa shape index (κ1) is 13.2. The number of aliphatic imine (C=N–C) groups is 1. The normalized spacial score (nSPS) is 21.4. The molecular formula is C11H14N7O3+. The Morgan fingerprint density at radius 3 is 2.76 bits per heavy atom. The molecule has 0 bridgehead atoms. The fourth-order valence-corrected chi connectivity index (χ4v) is 2.23. The molecule has 2 aliphatic heterocycles. The standard InChI is InChI=1S/C11H14N7O3/c1-6-8(15-21-14-6)12-4-18-5-13-9-7(18)10(19)17(3)11(20)16(9)2/h5,7H,4H2,1-3H3,(H,12,15)/q+1. The molecule has 0 spiro atoms. The lowest BCUT2D eigenvalue weighted by Gasteiger charge is -2.30. The van der Waals surface area contributed by atoms with Gasteiger partial charge < -0.3 is 5.32 Å². The van der Waals surface area contributed by atoms with Crippen molar-refractivity contribution in [3.05, 3.63) is 5.69 Å². The Kier molecular flexibility index (Phi) is 2.92. The molecule has 3 rings (SSSR count). The highest BCUT2D eigenvalue weighted by molar-refractivity contribution is 6.21. The van der Waals surface area contributed by atoms with E-state index in [-0.39, 0.29) is 12.6 Å². The first-order valence-electron chi connectivity index (χ1n) is 6.25. The number of anilines is 1. The number of aromatic nitrogens is 2. The van der Waals surface area contributed by atoms with Crippen LogP contribution in [0.2, 0.25) is 0 Å². The van der Waals surface area contributed by atoms with Crippen LogP contribution in [0.15, 0.2) is 9.62 Å². The van der Waals surface area contributed by atoms with E-state index in [0.29, 0.717) is 17.3 Å². The van der Waals surface area contributed by atoms with E-state index >= 15 is 0 Å². The quantitative estimate of drug-likeness (QED) is 0.723. The number of aryl methyl sites for hydroxylation is 1. The van der Waals surface area contributed by atoms with E-state index < -0.39 is 12.1 Å². The molecule has 110 valence electrons. The van der Waals surface area contributed by atoms with Crippen LogP contribution in [0.25, 0.3) is 0 Å². The Bertz CT molecular complexity index is 677. The van der Waals surface area contributed by atoms with Gasteiger partial charge in [0.2, 0.25) is 0 Å². The minimum Gasteiger partial charge on any atom is -0.330 e. The van der Waals surface area contributed by atoms with Crippen molar-refractivity contribution >= 4 is 29.9 Å². The van der Waals surface area contributed by atoms with E-state index in [1.54, 1.807) is 18.5 Å². The van der Waals surface area contributed by atoms with Crippen molar-refractivity contribution in [3.8, 4) is 0 Å². The summed E-state index contributed by atoms with van der Waals surface area (Å²) >= 11 is 0. The predicted octanol–water partition coefficient (Wildman–Crippen LogP) is -0.907. The SMILES string of the molecule is Cc1nonc1NC[N+]1=CN=C2C1C(=O)N(C)C(=O)N2C. The van der Waals surface area contributed by atoms with Crippen molar-refractivity contribution in [3.63, 3.8) is 0 Å². The van der Waals surface area contributed by atoms with Gasteiger partial charge in [0.05, 0.1) is 0 Å². The summed E-state index contributed by atoms with van der Waals surface area (Å²) in [6.07, 6.45) is 1.52. The van der Waals surface area contributed by atoms with Crippen LogP contribution in [0, 0.1) is 6.92 Å². The van der Waals surface area contributed by atoms with Crippen LogP contribution < -0.4 is 5.32 Å². The van der Waals surface area contributed by atoms with Crippen molar-refractivity contribution < 1.29 is 18.8 Å². The van der Waals surface area contributed by atoms with Gasteiger partial charge in [0, 0.05) is 14.1 Å². The molecule has 1 aromatic heterocycles. The lowest BCUT2D eigenvalue weighted by molar-refractivity contribution is -0.525. The topological polar surface area (TPSA) is 107 Å². The summed E-state index contributed by atoms with van der Waals surface area (Å²) in [5, 5.41) is 10.4. The van der Waals surface area contributed by atoms with Gasteiger partial charge >= 0.3 is 6.03 Å². The number of hydrogen-bond donors (Lipinski definition) is 1. The highest BCUT2D eigenvalue weighted by Gasteiger charge is 2.50. The predicted molar refractivity (Wildman–Crippen MR) is 71.0 cm³/mol. The lowest BCUT2D eigenvalue weighted by Crippen LogP contribution is -2.61. The fourth-order valence-electron chi connectivity index (χ4n) is 2.23. The molecule has 1 saturated heterocycles. The number of carbonyl (C=O) groups excluding carboxylic acids is 2. The molecule has 0 aliphatic carbocycles. The van der Waals surface area contributed by atoms with Gasteiger partial charge in [-0.3, -0.25) is 14.6 Å². The third-order valence-electron chi connectivity index (χ3n) is 3.48. The average Bonchev–Trinajstić information content (AvgIpc) is 3.07. The molecule has 1 N–H and O–H groups in total. The zero-order chi connectivity index (χ0) is 15.1. The maximum Gasteiger partial charge on any atom is 0.333 e. The van der Waals surface area contributed by atoms with Gasteiger partial charge in [0.25, 0.3) is 24.1 Å². The molecule has 0 radical (unpaired) electrons. The molecule has 1 atom stereocenters. The number of imide groups is 1. The number of fused-ring (bicyclic) bond motifs is 1. The number of nitrogens with zero attached hydrogens (tertiary/aromatic N) is 6. The van der Waals surface area contributed by atoms with E-state index in [1.165, 1.54) is 18.3 Å². The van der Waals surface area contributed by atoms with Gasteiger partial charge in [-0.25, -0.2) is 14.0 Å². The highest BCUT2D eigenvalue weighted by Crippen LogP contribution is 2.17. The number of amidine groups is 1. The molecule has 10 nitrogen and oxygen atoms in total. The second kappa shape index (κ2) is 4.65. The van der Waals surface area contributed by atoms with E-state index in [9.17, 15) is 9.59 Å². The zero-order valence-corrected chi connectivity index (χ0v) is 11.8. The Morgan fingerprint density at radius 1 is 1.33 bits per heavy atom. The molecule has 0 saturated carbocycles. The van der Waals surface area contributed by atoms with Gasteiger partial charge in [-0.2, -0.15) is 0 Å². The van der Waals surface area contributed by atoms with E-state index in [0.717, 1.165) is 4.90 Å². The highest BCUT2D eigenvalue weighted by atomic mass is 16.6. The van der Waals surface area contributed by atoms with Crippen LogP contribution in [0.3, 0.4) is 0 Å². The average molecular weight is 292 g/mol. The minimum absolute atomic E-state index is 0.286. The molecule has 2 aliphatic rings. The summed E-state index contributed by atoms with van der Waals surface area (Å²) in [4.78, 5) is 30.7. The van der Waals surface area contributed by atoms with Crippen LogP contribution in [-0.4, -0.2) is 75.6 Å². The maximum atomic E-state index is 12.3. The third-order valence-corrected chi connectivity index (χ3v) is 3.48. The minimum atomic E-state index is -0.620. The van der Waals surface area contributed by atoms with Gasteiger partial charge in [-0.15, -0.1) is 0 Å². The second-order valence-electron chi connectivity index (χ2n) is 4.79. The number of urea groups is 1. The molecule has 1 fully saturated rings. The lowest BCUT2D eigenvalue weighted by atomic mass is 10.2. The molecule has 0 aromatic carbocycles. The first-order valence-corrected chi connectivity index (χ1v) is 6.25. The van der Waals surface area contributed by atoms with Crippen LogP contribution in [0.1, 0.15) is 5.69 Å². The smallest absolute Gasteiger partial charge is 0.330 e. The molecular weight excluding hydrogens is 278 g/mol. The molecule has 21 heavy (non-hydrogen) atoms. The summed E-state index contributed by atoms with van der Waals surface area (Å²) in [6, 6.07) is -1.01. The summed E-state index contributed by atoms with van der Waals surface area (Å²) in [5.74, 6) is 0.597. The van der Waals surface area contributed by atoms with Crippen LogP contribution >= 0.6 is 0 Å². The van der Waals surface area contributed by atoms with Crippen LogP contribution in [0.4, 0.5) is 10.6 Å². The summed E-state index contributed by atoms with van der Waals surface area (Å²) in [7, 11) is 3.04. The van der Waals surface area contributed by atoms with Crippen LogP contribution in [-0.2, 0) is 4.79 Å². The number of carbonyl (C=O) groups is 2. The van der Waals surface area contributed by atoms with Crippen molar-refractivity contribution in [2.24, 2.45) is 4.99 Å². The number of rotatable bonds is 3.